The Kier molecular flexibility index (Phi) is 3.40. The number of ether oxygens (including phenoxy) is 1. The Morgan fingerprint density at radius 2 is 2.21 bits per heavy atom. The number of nitrogens with one attached hydrogen (secondary N) is 1. The lowest BCUT2D eigenvalue weighted by atomic mass is 9.99. The maximum Gasteiger partial charge on any atom is 0.0889 e. The van der Waals surface area contributed by atoms with E-state index < -0.39 is 0 Å². The van der Waals surface area contributed by atoms with Crippen molar-refractivity contribution in [2.45, 2.75) is 19.3 Å². The van der Waals surface area contributed by atoms with E-state index in [9.17, 15) is 0 Å². The molecule has 19 heavy (non-hydrogen) atoms. The Hall–Kier alpha value is -1.21. The highest BCUT2D eigenvalue weighted by Gasteiger charge is 2.21. The van der Waals surface area contributed by atoms with Crippen LogP contribution in [0.25, 0.3) is 0 Å². The second-order valence-electron chi connectivity index (χ2n) is 4.62. The van der Waals surface area contributed by atoms with Gasteiger partial charge in [0.2, 0.25) is 0 Å². The van der Waals surface area contributed by atoms with Crippen molar-refractivity contribution in [3.05, 3.63) is 51.3 Å². The standard InChI is InChI=1S/C13H15BrN4O/c1-18-13(11(14)5-16-18)12(17-15)8-2-3-9-6-19-7-10(9)4-8/h2-5,12,17H,6-7,15H2,1H3. The van der Waals surface area contributed by atoms with Crippen LogP contribution in [0.4, 0.5) is 0 Å². The molecule has 0 amide bonds. The van der Waals surface area contributed by atoms with Gasteiger partial charge in [0.05, 0.1) is 35.6 Å². The van der Waals surface area contributed by atoms with Crippen molar-refractivity contribution in [2.75, 3.05) is 0 Å². The van der Waals surface area contributed by atoms with Gasteiger partial charge in [-0.2, -0.15) is 5.10 Å². The van der Waals surface area contributed by atoms with E-state index in [-0.39, 0.29) is 6.04 Å². The SMILES string of the molecule is Cn1ncc(Br)c1C(NN)c1ccc2c(c1)COC2. The van der Waals surface area contributed by atoms with Crippen LogP contribution < -0.4 is 11.3 Å². The predicted molar refractivity (Wildman–Crippen MR) is 75.0 cm³/mol. The van der Waals surface area contributed by atoms with Crippen LogP contribution in [-0.2, 0) is 25.0 Å². The topological polar surface area (TPSA) is 65.1 Å². The average Bonchev–Trinajstić information content (AvgIpc) is 3.00. The molecule has 1 aliphatic heterocycles. The molecule has 1 unspecified atom stereocenters. The number of nitrogens with two attached hydrogens (primary N) is 1. The molecule has 0 bridgehead atoms. The Labute approximate surface area is 119 Å². The van der Waals surface area contributed by atoms with Crippen LogP contribution >= 0.6 is 15.9 Å². The lowest BCUT2D eigenvalue weighted by molar-refractivity contribution is 0.134. The van der Waals surface area contributed by atoms with Crippen molar-refractivity contribution < 1.29 is 4.74 Å². The Balaban J connectivity index is 2.03. The summed E-state index contributed by atoms with van der Waals surface area (Å²) in [4.78, 5) is 0. The molecule has 0 aliphatic carbocycles. The van der Waals surface area contributed by atoms with Crippen LogP contribution in [0.3, 0.4) is 0 Å². The number of hydrogen-bond acceptors (Lipinski definition) is 4. The Morgan fingerprint density at radius 3 is 2.89 bits per heavy atom. The fraction of sp³-hybridized carbons (Fsp3) is 0.308. The summed E-state index contributed by atoms with van der Waals surface area (Å²) in [6.07, 6.45) is 1.77. The van der Waals surface area contributed by atoms with Crippen LogP contribution in [-0.4, -0.2) is 9.78 Å². The van der Waals surface area contributed by atoms with E-state index in [0.29, 0.717) is 13.2 Å². The summed E-state index contributed by atoms with van der Waals surface area (Å²) < 4.78 is 8.20. The van der Waals surface area contributed by atoms with Gasteiger partial charge in [0.1, 0.15) is 0 Å². The number of benzene rings is 1. The molecule has 1 atom stereocenters. The van der Waals surface area contributed by atoms with Gasteiger partial charge in [0.15, 0.2) is 0 Å². The van der Waals surface area contributed by atoms with Crippen molar-refractivity contribution in [2.24, 2.45) is 12.9 Å². The maximum absolute atomic E-state index is 5.74. The zero-order chi connectivity index (χ0) is 13.4. The van der Waals surface area contributed by atoms with E-state index >= 15 is 0 Å². The third-order valence-electron chi connectivity index (χ3n) is 3.46. The third kappa shape index (κ3) is 2.21. The first-order valence-electron chi connectivity index (χ1n) is 6.03. The summed E-state index contributed by atoms with van der Waals surface area (Å²) in [5.41, 5.74) is 7.46. The first-order valence-corrected chi connectivity index (χ1v) is 6.83. The highest BCUT2D eigenvalue weighted by molar-refractivity contribution is 9.10. The lowest BCUT2D eigenvalue weighted by Gasteiger charge is -2.18. The summed E-state index contributed by atoms with van der Waals surface area (Å²) in [5, 5.41) is 4.23. The zero-order valence-corrected chi connectivity index (χ0v) is 12.1. The quantitative estimate of drug-likeness (QED) is 0.667. The third-order valence-corrected chi connectivity index (χ3v) is 4.07. The molecule has 3 rings (SSSR count). The van der Waals surface area contributed by atoms with Crippen LogP contribution in [0.2, 0.25) is 0 Å². The molecular weight excluding hydrogens is 308 g/mol. The Bertz CT molecular complexity index is 591. The van der Waals surface area contributed by atoms with Gasteiger partial charge in [-0.05, 0) is 32.6 Å². The van der Waals surface area contributed by atoms with E-state index in [4.69, 9.17) is 10.6 Å². The number of aryl methyl sites for hydroxylation is 1. The van der Waals surface area contributed by atoms with Crippen LogP contribution in [0.5, 0.6) is 0 Å². The van der Waals surface area contributed by atoms with Gasteiger partial charge in [-0.1, -0.05) is 18.2 Å². The molecule has 6 heteroatoms. The van der Waals surface area contributed by atoms with E-state index in [1.807, 2.05) is 11.7 Å². The summed E-state index contributed by atoms with van der Waals surface area (Å²) >= 11 is 3.51. The van der Waals surface area contributed by atoms with Crippen LogP contribution in [0.1, 0.15) is 28.4 Å². The van der Waals surface area contributed by atoms with Crippen LogP contribution in [0.15, 0.2) is 28.9 Å². The highest BCUT2D eigenvalue weighted by Crippen LogP contribution is 2.30. The second kappa shape index (κ2) is 5.05. The number of rotatable bonds is 3. The second-order valence-corrected chi connectivity index (χ2v) is 5.48. The maximum atomic E-state index is 5.74. The fourth-order valence-electron chi connectivity index (χ4n) is 2.45. The first-order chi connectivity index (χ1) is 9.20. The minimum Gasteiger partial charge on any atom is -0.372 e. The van der Waals surface area contributed by atoms with Crippen molar-refractivity contribution in [3.8, 4) is 0 Å². The van der Waals surface area contributed by atoms with E-state index in [1.54, 1.807) is 6.20 Å². The van der Waals surface area contributed by atoms with Crippen molar-refractivity contribution in [3.63, 3.8) is 0 Å². The highest BCUT2D eigenvalue weighted by atomic mass is 79.9. The monoisotopic (exact) mass is 322 g/mol. The molecule has 100 valence electrons. The van der Waals surface area contributed by atoms with Crippen molar-refractivity contribution in [1.29, 1.82) is 0 Å². The molecule has 0 radical (unpaired) electrons. The van der Waals surface area contributed by atoms with Gasteiger partial charge in [0, 0.05) is 7.05 Å². The van der Waals surface area contributed by atoms with Gasteiger partial charge >= 0.3 is 0 Å². The summed E-state index contributed by atoms with van der Waals surface area (Å²) in [7, 11) is 1.90. The zero-order valence-electron chi connectivity index (χ0n) is 10.6. The normalized spacial score (nSPS) is 15.5. The van der Waals surface area contributed by atoms with Gasteiger partial charge in [-0.15, -0.1) is 0 Å². The lowest BCUT2D eigenvalue weighted by Crippen LogP contribution is -2.30. The molecule has 3 N–H and O–H groups in total. The first kappa shape index (κ1) is 12.8. The number of hydrazine groups is 1. The van der Waals surface area contributed by atoms with Crippen molar-refractivity contribution >= 4 is 15.9 Å². The largest absolute Gasteiger partial charge is 0.372 e. The number of hydrogen-bond donors (Lipinski definition) is 2. The van der Waals surface area contributed by atoms with Gasteiger partial charge in [-0.25, -0.2) is 5.43 Å². The molecule has 1 aliphatic rings. The molecule has 0 saturated heterocycles. The molecule has 2 aromatic rings. The van der Waals surface area contributed by atoms with Gasteiger partial charge < -0.3 is 4.74 Å². The number of halogens is 1. The molecule has 0 fully saturated rings. The smallest absolute Gasteiger partial charge is 0.0889 e. The minimum absolute atomic E-state index is 0.104. The molecule has 1 aromatic carbocycles. The van der Waals surface area contributed by atoms with E-state index in [2.05, 4.69) is 44.7 Å². The van der Waals surface area contributed by atoms with Crippen LogP contribution in [0, 0.1) is 0 Å². The van der Waals surface area contributed by atoms with E-state index in [0.717, 1.165) is 15.7 Å². The van der Waals surface area contributed by atoms with Crippen molar-refractivity contribution in [1.82, 2.24) is 15.2 Å². The molecular formula is C13H15BrN4O. The number of aromatic nitrogens is 2. The number of fused-ring (bicyclic) bond motifs is 1. The fourth-order valence-corrected chi connectivity index (χ4v) is 3.03. The molecule has 5 nitrogen and oxygen atoms in total. The summed E-state index contributed by atoms with van der Waals surface area (Å²) in [6.45, 7) is 1.37. The van der Waals surface area contributed by atoms with Gasteiger partial charge in [0.25, 0.3) is 0 Å². The summed E-state index contributed by atoms with van der Waals surface area (Å²) in [5.74, 6) is 5.74. The molecule has 0 saturated carbocycles. The molecule has 2 heterocycles. The average molecular weight is 323 g/mol. The van der Waals surface area contributed by atoms with Gasteiger partial charge in [-0.3, -0.25) is 10.5 Å². The Morgan fingerprint density at radius 1 is 1.42 bits per heavy atom. The molecule has 1 aromatic heterocycles. The molecule has 0 spiro atoms. The summed E-state index contributed by atoms with van der Waals surface area (Å²) in [6, 6.07) is 6.23. The minimum atomic E-state index is -0.104. The predicted octanol–water partition coefficient (Wildman–Crippen LogP) is 1.77. The van der Waals surface area contributed by atoms with E-state index in [1.165, 1.54) is 11.1 Å². The number of nitrogens with zero attached hydrogens (tertiary/aromatic N) is 2.